The lowest BCUT2D eigenvalue weighted by Gasteiger charge is -2.03. The van der Waals surface area contributed by atoms with E-state index in [4.69, 9.17) is 4.74 Å². The van der Waals surface area contributed by atoms with Crippen LogP contribution >= 0.6 is 0 Å². The number of benzene rings is 1. The smallest absolute Gasteiger partial charge is 0.247 e. The number of methoxy groups -OCH3 is 1. The van der Waals surface area contributed by atoms with Crippen molar-refractivity contribution in [3.63, 3.8) is 0 Å². The first-order chi connectivity index (χ1) is 11.5. The Morgan fingerprint density at radius 3 is 2.62 bits per heavy atom. The lowest BCUT2D eigenvalue weighted by atomic mass is 10.1. The van der Waals surface area contributed by atoms with Gasteiger partial charge in [0, 0.05) is 18.8 Å². The van der Waals surface area contributed by atoms with Crippen LogP contribution in [0.5, 0.6) is 5.75 Å². The number of ether oxygens (including phenoxy) is 1. The van der Waals surface area contributed by atoms with Crippen LogP contribution in [-0.4, -0.2) is 37.8 Å². The number of rotatable bonds is 5. The number of aryl methyl sites for hydroxylation is 2. The van der Waals surface area contributed by atoms with E-state index in [-0.39, 0.29) is 12.5 Å². The highest BCUT2D eigenvalue weighted by Crippen LogP contribution is 2.23. The summed E-state index contributed by atoms with van der Waals surface area (Å²) in [5, 5.41) is 15.1. The molecular weight excluding hydrogens is 308 g/mol. The number of anilines is 1. The second-order valence-corrected chi connectivity index (χ2v) is 5.35. The maximum absolute atomic E-state index is 12.1. The second-order valence-electron chi connectivity index (χ2n) is 5.35. The monoisotopic (exact) mass is 326 g/mol. The fourth-order valence-corrected chi connectivity index (χ4v) is 2.37. The van der Waals surface area contributed by atoms with Gasteiger partial charge >= 0.3 is 0 Å². The third-order valence-electron chi connectivity index (χ3n) is 3.48. The summed E-state index contributed by atoms with van der Waals surface area (Å²) in [5.41, 5.74) is 2.80. The number of nitrogens with zero attached hydrogens (tertiary/aromatic N) is 5. The number of nitrogens with one attached hydrogen (secondary N) is 1. The van der Waals surface area contributed by atoms with Crippen LogP contribution in [0, 0.1) is 6.92 Å². The predicted molar refractivity (Wildman–Crippen MR) is 88.6 cm³/mol. The van der Waals surface area contributed by atoms with Crippen LogP contribution in [-0.2, 0) is 18.4 Å². The Labute approximate surface area is 139 Å². The second kappa shape index (κ2) is 6.53. The molecule has 3 rings (SSSR count). The van der Waals surface area contributed by atoms with E-state index in [0.717, 1.165) is 22.6 Å². The van der Waals surface area contributed by atoms with Crippen molar-refractivity contribution in [3.8, 4) is 17.0 Å². The van der Waals surface area contributed by atoms with Gasteiger partial charge < -0.3 is 10.1 Å². The van der Waals surface area contributed by atoms with Crippen LogP contribution in [0.4, 0.5) is 5.82 Å². The van der Waals surface area contributed by atoms with Gasteiger partial charge in [-0.1, -0.05) is 0 Å². The maximum Gasteiger partial charge on any atom is 0.247 e. The van der Waals surface area contributed by atoms with Crippen LogP contribution in [0.2, 0.25) is 0 Å². The topological polar surface area (TPSA) is 86.9 Å². The summed E-state index contributed by atoms with van der Waals surface area (Å²) < 4.78 is 6.77. The van der Waals surface area contributed by atoms with E-state index >= 15 is 0 Å². The Morgan fingerprint density at radius 2 is 2.00 bits per heavy atom. The first kappa shape index (κ1) is 15.7. The fraction of sp³-hybridized carbons (Fsp3) is 0.250. The quantitative estimate of drug-likeness (QED) is 0.770. The zero-order chi connectivity index (χ0) is 17.1. The molecule has 0 bridgehead atoms. The third kappa shape index (κ3) is 3.43. The molecular formula is C16H18N6O2. The predicted octanol–water partition coefficient (Wildman–Crippen LogP) is 1.63. The zero-order valence-electron chi connectivity index (χ0n) is 13.7. The molecule has 0 unspecified atom stereocenters. The molecule has 3 aromatic rings. The molecule has 124 valence electrons. The van der Waals surface area contributed by atoms with Gasteiger partial charge in [0.15, 0.2) is 5.82 Å². The van der Waals surface area contributed by atoms with Crippen LogP contribution < -0.4 is 10.1 Å². The van der Waals surface area contributed by atoms with E-state index in [9.17, 15) is 4.79 Å². The van der Waals surface area contributed by atoms with Gasteiger partial charge in [0.2, 0.25) is 5.91 Å². The number of carbonyl (C=O) groups is 1. The Kier molecular flexibility index (Phi) is 4.28. The van der Waals surface area contributed by atoms with E-state index in [2.05, 4.69) is 20.6 Å². The fourth-order valence-electron chi connectivity index (χ4n) is 2.37. The van der Waals surface area contributed by atoms with Crippen molar-refractivity contribution in [1.29, 1.82) is 0 Å². The van der Waals surface area contributed by atoms with E-state index in [0.29, 0.717) is 5.82 Å². The molecule has 1 N–H and O–H groups in total. The van der Waals surface area contributed by atoms with Gasteiger partial charge in [-0.05, 0) is 36.8 Å². The molecule has 2 aromatic heterocycles. The number of hydrogen-bond donors (Lipinski definition) is 1. The SMILES string of the molecule is COc1ccc(-c2nn(CC(=O)Nc3cnn(C)n3)cc2C)cc1. The minimum absolute atomic E-state index is 0.105. The van der Waals surface area contributed by atoms with Crippen molar-refractivity contribution in [2.24, 2.45) is 7.05 Å². The number of aromatic nitrogens is 5. The lowest BCUT2D eigenvalue weighted by molar-refractivity contribution is -0.116. The van der Waals surface area contributed by atoms with E-state index in [1.165, 1.54) is 11.0 Å². The van der Waals surface area contributed by atoms with Crippen LogP contribution in [0.15, 0.2) is 36.7 Å². The Hall–Kier alpha value is -3.16. The van der Waals surface area contributed by atoms with Gasteiger partial charge in [0.25, 0.3) is 0 Å². The molecule has 0 aliphatic carbocycles. The van der Waals surface area contributed by atoms with Gasteiger partial charge in [-0.25, -0.2) is 0 Å². The largest absolute Gasteiger partial charge is 0.497 e. The molecule has 2 heterocycles. The van der Waals surface area contributed by atoms with Crippen molar-refractivity contribution in [2.45, 2.75) is 13.5 Å². The average Bonchev–Trinajstić information content (AvgIpc) is 3.13. The molecule has 0 aliphatic rings. The van der Waals surface area contributed by atoms with Gasteiger partial charge in [-0.15, -0.1) is 5.10 Å². The van der Waals surface area contributed by atoms with Gasteiger partial charge in [-0.2, -0.15) is 15.0 Å². The summed E-state index contributed by atoms with van der Waals surface area (Å²) in [7, 11) is 3.32. The normalized spacial score (nSPS) is 10.6. The standard InChI is InChI=1S/C16H18N6O2/c1-11-9-22(10-15(23)18-14-8-17-21(2)19-14)20-16(11)12-4-6-13(24-3)7-5-12/h4-9H,10H2,1-3H3,(H,18,19,23). The molecule has 8 heteroatoms. The molecule has 1 amide bonds. The highest BCUT2D eigenvalue weighted by atomic mass is 16.5. The van der Waals surface area contributed by atoms with Crippen LogP contribution in [0.1, 0.15) is 5.56 Å². The number of hydrogen-bond acceptors (Lipinski definition) is 5. The molecule has 0 fully saturated rings. The summed E-state index contributed by atoms with van der Waals surface area (Å²) in [6, 6.07) is 7.65. The van der Waals surface area contributed by atoms with E-state index < -0.39 is 0 Å². The minimum Gasteiger partial charge on any atom is -0.497 e. The lowest BCUT2D eigenvalue weighted by Crippen LogP contribution is -2.19. The van der Waals surface area contributed by atoms with E-state index in [1.807, 2.05) is 37.4 Å². The summed E-state index contributed by atoms with van der Waals surface area (Å²) in [6.07, 6.45) is 3.34. The Morgan fingerprint density at radius 1 is 1.25 bits per heavy atom. The molecule has 0 spiro atoms. The minimum atomic E-state index is -0.209. The van der Waals surface area contributed by atoms with Crippen LogP contribution in [0.25, 0.3) is 11.3 Å². The average molecular weight is 326 g/mol. The molecule has 8 nitrogen and oxygen atoms in total. The summed E-state index contributed by atoms with van der Waals surface area (Å²) in [4.78, 5) is 13.5. The third-order valence-corrected chi connectivity index (χ3v) is 3.48. The maximum atomic E-state index is 12.1. The summed E-state index contributed by atoms with van der Waals surface area (Å²) in [5.74, 6) is 1.00. The first-order valence-electron chi connectivity index (χ1n) is 7.40. The van der Waals surface area contributed by atoms with Crippen molar-refractivity contribution >= 4 is 11.7 Å². The Balaban J connectivity index is 1.72. The highest BCUT2D eigenvalue weighted by Gasteiger charge is 2.11. The van der Waals surface area contributed by atoms with Gasteiger partial charge in [-0.3, -0.25) is 9.48 Å². The molecule has 0 saturated heterocycles. The highest BCUT2D eigenvalue weighted by molar-refractivity contribution is 5.89. The van der Waals surface area contributed by atoms with Crippen molar-refractivity contribution in [3.05, 3.63) is 42.2 Å². The molecule has 0 radical (unpaired) electrons. The van der Waals surface area contributed by atoms with E-state index in [1.54, 1.807) is 18.8 Å². The van der Waals surface area contributed by atoms with Gasteiger partial charge in [0.1, 0.15) is 12.3 Å². The number of carbonyl (C=O) groups excluding carboxylic acids is 1. The van der Waals surface area contributed by atoms with Gasteiger partial charge in [0.05, 0.1) is 19.0 Å². The molecule has 1 aromatic carbocycles. The molecule has 24 heavy (non-hydrogen) atoms. The Bertz CT molecular complexity index is 850. The van der Waals surface area contributed by atoms with Crippen molar-refractivity contribution < 1.29 is 9.53 Å². The molecule has 0 saturated carbocycles. The summed E-state index contributed by atoms with van der Waals surface area (Å²) in [6.45, 7) is 2.07. The van der Waals surface area contributed by atoms with Crippen molar-refractivity contribution in [2.75, 3.05) is 12.4 Å². The zero-order valence-corrected chi connectivity index (χ0v) is 13.7. The van der Waals surface area contributed by atoms with Crippen LogP contribution in [0.3, 0.4) is 0 Å². The summed E-state index contributed by atoms with van der Waals surface area (Å²) >= 11 is 0. The van der Waals surface area contributed by atoms with Crippen molar-refractivity contribution in [1.82, 2.24) is 24.8 Å². The molecule has 0 atom stereocenters. The number of amides is 1. The molecule has 0 aliphatic heterocycles. The first-order valence-corrected chi connectivity index (χ1v) is 7.40.